The van der Waals surface area contributed by atoms with Crippen molar-refractivity contribution < 1.29 is 79.2 Å². The summed E-state index contributed by atoms with van der Waals surface area (Å²) in [5.74, 6) is -0.0609. The molecular formula is C47H76O16. The minimum Gasteiger partial charge on any atom is -0.481 e. The van der Waals surface area contributed by atoms with E-state index in [1.807, 2.05) is 0 Å². The Hall–Kier alpha value is -1.35. The molecule has 3 heterocycles. The SMILES string of the molecule is C[C@@H]1O[C@@H](O[C@@H]2[C@@H](O[C@H]3CC[C@]4(C)[C@H]5CC=C6[C@@H]7CC(C)(C)CC[C@]7(C(=O)O)CC[C@@]6(C)[C@]5(C)CC[C@H]4C3(C)C)OC[C@@H](O)[C@H]2O[C@@H]2O[C@H](CO)[C@H](O)[C@H](O)[C@H]2O)[C@H](O)[C@H](O)[C@H]1O. The van der Waals surface area contributed by atoms with Crippen LogP contribution in [0.25, 0.3) is 0 Å². The maximum Gasteiger partial charge on any atom is 0.310 e. The molecule has 360 valence electrons. The van der Waals surface area contributed by atoms with Gasteiger partial charge in [-0.2, -0.15) is 0 Å². The number of rotatable bonds is 8. The number of aliphatic carboxylic acids is 1. The van der Waals surface area contributed by atoms with Crippen molar-refractivity contribution in [2.45, 2.75) is 212 Å². The standard InChI is InChI=1S/C47H76O16/c1-22-30(50)32(52)34(54)38(59-22)63-37-36(62-39-35(55)33(53)31(51)26(20-48)60-39)25(49)21-58-40(37)61-29-12-13-44(6)27(43(29,4)5)11-14-46(8)28(44)10-9-23-24-19-42(2,3)15-17-47(24,41(56)57)18-16-45(23,46)7/h9,22,24-40,48-55H,10-21H2,1-8H3,(H,56,57)/t22-,24-,25+,26+,27-,28+,29-,30-,31-,32+,33-,34+,35+,36+,37-,38-,39-,40+,44-,45+,46+,47-/m0/s1. The van der Waals surface area contributed by atoms with Crippen molar-refractivity contribution in [2.75, 3.05) is 13.2 Å². The largest absolute Gasteiger partial charge is 0.481 e. The zero-order valence-electron chi connectivity index (χ0n) is 38.3. The van der Waals surface area contributed by atoms with Crippen molar-refractivity contribution in [2.24, 2.45) is 50.2 Å². The van der Waals surface area contributed by atoms with Crippen LogP contribution in [0.1, 0.15) is 120 Å². The lowest BCUT2D eigenvalue weighted by molar-refractivity contribution is -0.388. The normalized spacial score (nSPS) is 54.1. The zero-order valence-corrected chi connectivity index (χ0v) is 38.3. The fraction of sp³-hybridized carbons (Fsp3) is 0.936. The Morgan fingerprint density at radius 1 is 0.714 bits per heavy atom. The first kappa shape index (κ1) is 48.1. The molecular weight excluding hydrogens is 821 g/mol. The first-order valence-electron chi connectivity index (χ1n) is 23.6. The van der Waals surface area contributed by atoms with E-state index in [1.54, 1.807) is 0 Å². The number of carboxylic acids is 1. The summed E-state index contributed by atoms with van der Waals surface area (Å²) in [6, 6.07) is 0. The molecule has 4 saturated carbocycles. The first-order chi connectivity index (χ1) is 29.4. The Bertz CT molecular complexity index is 1720. The third-order valence-corrected chi connectivity index (χ3v) is 18.9. The number of carbonyl (C=O) groups is 1. The van der Waals surface area contributed by atoms with Crippen LogP contribution in [0.15, 0.2) is 11.6 Å². The van der Waals surface area contributed by atoms with Gasteiger partial charge in [-0.05, 0) is 116 Å². The molecule has 0 unspecified atom stereocenters. The number of carboxylic acid groups (broad SMARTS) is 1. The number of fused-ring (bicyclic) bond motifs is 7. The van der Waals surface area contributed by atoms with Gasteiger partial charge in [0.15, 0.2) is 18.9 Å². The third-order valence-electron chi connectivity index (χ3n) is 18.9. The molecule has 22 atom stereocenters. The van der Waals surface area contributed by atoms with Gasteiger partial charge in [0.25, 0.3) is 0 Å². The number of ether oxygens (including phenoxy) is 6. The Morgan fingerprint density at radius 2 is 1.35 bits per heavy atom. The van der Waals surface area contributed by atoms with Gasteiger partial charge in [0.2, 0.25) is 0 Å². The predicted molar refractivity (Wildman–Crippen MR) is 223 cm³/mol. The van der Waals surface area contributed by atoms with Crippen molar-refractivity contribution in [3.05, 3.63) is 11.6 Å². The summed E-state index contributed by atoms with van der Waals surface area (Å²) >= 11 is 0. The van der Waals surface area contributed by atoms with Crippen molar-refractivity contribution in [1.29, 1.82) is 0 Å². The predicted octanol–water partition coefficient (Wildman–Crippen LogP) is 2.37. The Labute approximate surface area is 371 Å². The van der Waals surface area contributed by atoms with E-state index in [9.17, 15) is 50.8 Å². The minimum absolute atomic E-state index is 0.0238. The molecule has 0 bridgehead atoms. The highest BCUT2D eigenvalue weighted by atomic mass is 16.8. The van der Waals surface area contributed by atoms with Gasteiger partial charge >= 0.3 is 5.97 Å². The smallest absolute Gasteiger partial charge is 0.310 e. The fourth-order valence-corrected chi connectivity index (χ4v) is 14.8. The van der Waals surface area contributed by atoms with Crippen LogP contribution < -0.4 is 0 Å². The van der Waals surface area contributed by atoms with Crippen molar-refractivity contribution in [3.8, 4) is 0 Å². The lowest BCUT2D eigenvalue weighted by Gasteiger charge is -2.71. The maximum absolute atomic E-state index is 13.1. The van der Waals surface area contributed by atoms with Gasteiger partial charge in [-0.3, -0.25) is 4.79 Å². The van der Waals surface area contributed by atoms with Crippen LogP contribution in [-0.4, -0.2) is 157 Å². The summed E-state index contributed by atoms with van der Waals surface area (Å²) in [6.45, 7) is 16.9. The fourth-order valence-electron chi connectivity index (χ4n) is 14.8. The van der Waals surface area contributed by atoms with E-state index in [1.165, 1.54) is 12.5 Å². The van der Waals surface area contributed by atoms with Gasteiger partial charge in [0.1, 0.15) is 61.0 Å². The summed E-state index contributed by atoms with van der Waals surface area (Å²) in [5.41, 5.74) is 0.0522. The van der Waals surface area contributed by atoms with Gasteiger partial charge in [-0.25, -0.2) is 0 Å². The summed E-state index contributed by atoms with van der Waals surface area (Å²) in [5, 5.41) is 96.2. The van der Waals surface area contributed by atoms with Gasteiger partial charge < -0.3 is 74.4 Å². The second-order valence-electron chi connectivity index (χ2n) is 23.0. The molecule has 8 aliphatic rings. The van der Waals surface area contributed by atoms with Crippen molar-refractivity contribution in [1.82, 2.24) is 0 Å². The molecule has 16 nitrogen and oxygen atoms in total. The van der Waals surface area contributed by atoms with Crippen molar-refractivity contribution in [3.63, 3.8) is 0 Å². The van der Waals surface area contributed by atoms with E-state index >= 15 is 0 Å². The number of hydrogen-bond donors (Lipinski definition) is 9. The van der Waals surface area contributed by atoms with E-state index in [2.05, 4.69) is 54.5 Å². The number of aliphatic hydroxyl groups is 8. The van der Waals surface area contributed by atoms with Crippen molar-refractivity contribution >= 4 is 5.97 Å². The summed E-state index contributed by atoms with van der Waals surface area (Å²) < 4.78 is 37.1. The van der Waals surface area contributed by atoms with Crippen LogP contribution in [-0.2, 0) is 33.2 Å². The van der Waals surface area contributed by atoms with Gasteiger partial charge in [-0.1, -0.05) is 60.1 Å². The van der Waals surface area contributed by atoms with Crippen LogP contribution in [0.3, 0.4) is 0 Å². The second-order valence-corrected chi connectivity index (χ2v) is 23.0. The first-order valence-corrected chi connectivity index (χ1v) is 23.6. The maximum atomic E-state index is 13.1. The highest BCUT2D eigenvalue weighted by molar-refractivity contribution is 5.76. The average molecular weight is 897 g/mol. The average Bonchev–Trinajstić information content (AvgIpc) is 3.22. The molecule has 0 amide bonds. The minimum atomic E-state index is -1.80. The second kappa shape index (κ2) is 16.7. The van der Waals surface area contributed by atoms with E-state index in [-0.39, 0.29) is 40.1 Å². The Balaban J connectivity index is 1.07. The number of hydrogen-bond acceptors (Lipinski definition) is 15. The Morgan fingerprint density at radius 3 is 2.02 bits per heavy atom. The summed E-state index contributed by atoms with van der Waals surface area (Å²) in [6.07, 6.45) is -10.5. The molecule has 0 aromatic rings. The summed E-state index contributed by atoms with van der Waals surface area (Å²) in [7, 11) is 0. The molecule has 0 aromatic carbocycles. The molecule has 5 aliphatic carbocycles. The van der Waals surface area contributed by atoms with E-state index < -0.39 is 116 Å². The quantitative estimate of drug-likeness (QED) is 0.125. The topological polar surface area (TPSA) is 255 Å². The van der Waals surface area contributed by atoms with Crippen LogP contribution in [0.2, 0.25) is 0 Å². The Kier molecular flexibility index (Phi) is 12.8. The van der Waals surface area contributed by atoms with Crippen LogP contribution in [0.5, 0.6) is 0 Å². The number of aliphatic hydroxyl groups excluding tert-OH is 8. The molecule has 3 aliphatic heterocycles. The molecule has 16 heteroatoms. The molecule has 7 fully saturated rings. The summed E-state index contributed by atoms with van der Waals surface area (Å²) in [4.78, 5) is 13.1. The van der Waals surface area contributed by atoms with E-state index in [0.717, 1.165) is 51.4 Å². The highest BCUT2D eigenvalue weighted by Gasteiger charge is 2.70. The molecule has 0 radical (unpaired) electrons. The van der Waals surface area contributed by atoms with Crippen LogP contribution >= 0.6 is 0 Å². The third kappa shape index (κ3) is 7.51. The lowest BCUT2D eigenvalue weighted by atomic mass is 9.33. The highest BCUT2D eigenvalue weighted by Crippen LogP contribution is 2.76. The van der Waals surface area contributed by atoms with E-state index in [4.69, 9.17) is 28.4 Å². The van der Waals surface area contributed by atoms with Gasteiger partial charge in [0, 0.05) is 0 Å². The van der Waals surface area contributed by atoms with Crippen LogP contribution in [0, 0.1) is 50.2 Å². The monoisotopic (exact) mass is 897 g/mol. The van der Waals surface area contributed by atoms with E-state index in [0.29, 0.717) is 18.8 Å². The molecule has 63 heavy (non-hydrogen) atoms. The van der Waals surface area contributed by atoms with Crippen LogP contribution in [0.4, 0.5) is 0 Å². The molecule has 9 N–H and O–H groups in total. The van der Waals surface area contributed by atoms with Gasteiger partial charge in [0.05, 0.1) is 30.8 Å². The van der Waals surface area contributed by atoms with Gasteiger partial charge in [-0.15, -0.1) is 0 Å². The molecule has 3 saturated heterocycles. The molecule has 0 spiro atoms. The lowest BCUT2D eigenvalue weighted by Crippen LogP contribution is -2.67. The zero-order chi connectivity index (χ0) is 46.0. The molecule has 0 aromatic heterocycles. The number of allylic oxidation sites excluding steroid dienone is 2. The molecule has 8 rings (SSSR count).